The van der Waals surface area contributed by atoms with Gasteiger partial charge in [0.15, 0.2) is 6.29 Å². The molecule has 1 saturated carbocycles. The van der Waals surface area contributed by atoms with Crippen molar-refractivity contribution >= 4 is 28.9 Å². The number of nitrogens with zero attached hydrogens (tertiary/aromatic N) is 1. The molecule has 6 nitrogen and oxygen atoms in total. The summed E-state index contributed by atoms with van der Waals surface area (Å²) in [6.07, 6.45) is 4.17. The molecule has 1 aliphatic rings. The number of anilines is 1. The first-order valence-corrected chi connectivity index (χ1v) is 8.20. The SMILES string of the molecule is NC(=O)CCCNc1nc2ccc(OCC3CC3)cc2cc1C=O. The Hall–Kier alpha value is -2.63. The number of primary amides is 1. The van der Waals surface area contributed by atoms with Crippen LogP contribution in [0.2, 0.25) is 0 Å². The number of aromatic nitrogens is 1. The van der Waals surface area contributed by atoms with Crippen molar-refractivity contribution in [1.29, 1.82) is 0 Å². The zero-order valence-corrected chi connectivity index (χ0v) is 13.5. The second-order valence-corrected chi connectivity index (χ2v) is 6.15. The molecule has 2 aromatic rings. The molecule has 0 aliphatic heterocycles. The van der Waals surface area contributed by atoms with E-state index in [1.54, 1.807) is 6.07 Å². The van der Waals surface area contributed by atoms with E-state index in [0.29, 0.717) is 36.7 Å². The maximum atomic E-state index is 11.3. The van der Waals surface area contributed by atoms with Crippen LogP contribution in [0.5, 0.6) is 5.75 Å². The minimum atomic E-state index is -0.336. The van der Waals surface area contributed by atoms with Crippen LogP contribution in [0.3, 0.4) is 0 Å². The number of hydrogen-bond acceptors (Lipinski definition) is 5. The first-order chi connectivity index (χ1) is 11.7. The van der Waals surface area contributed by atoms with Crippen LogP contribution in [-0.4, -0.2) is 30.3 Å². The third-order valence-corrected chi connectivity index (χ3v) is 4.02. The summed E-state index contributed by atoms with van der Waals surface area (Å²) in [5, 5.41) is 3.96. The maximum Gasteiger partial charge on any atom is 0.217 e. The lowest BCUT2D eigenvalue weighted by atomic mass is 10.1. The lowest BCUT2D eigenvalue weighted by Crippen LogP contribution is -2.13. The van der Waals surface area contributed by atoms with Crippen molar-refractivity contribution in [3.63, 3.8) is 0 Å². The van der Waals surface area contributed by atoms with Gasteiger partial charge in [-0.25, -0.2) is 4.98 Å². The first-order valence-electron chi connectivity index (χ1n) is 8.20. The lowest BCUT2D eigenvalue weighted by Gasteiger charge is -2.10. The van der Waals surface area contributed by atoms with Crippen LogP contribution in [0.1, 0.15) is 36.0 Å². The molecule has 1 amide bonds. The molecule has 6 heteroatoms. The summed E-state index contributed by atoms with van der Waals surface area (Å²) < 4.78 is 5.77. The molecule has 3 rings (SSSR count). The van der Waals surface area contributed by atoms with Crippen LogP contribution in [0, 0.1) is 5.92 Å². The summed E-state index contributed by atoms with van der Waals surface area (Å²) in [6.45, 7) is 1.28. The second-order valence-electron chi connectivity index (χ2n) is 6.15. The maximum absolute atomic E-state index is 11.3. The van der Waals surface area contributed by atoms with Gasteiger partial charge in [0.2, 0.25) is 5.91 Å². The molecule has 1 aromatic carbocycles. The number of rotatable bonds is 9. The summed E-state index contributed by atoms with van der Waals surface area (Å²) >= 11 is 0. The zero-order valence-electron chi connectivity index (χ0n) is 13.5. The Kier molecular flexibility index (Phi) is 4.93. The van der Waals surface area contributed by atoms with E-state index < -0.39 is 0 Å². The Bertz CT molecular complexity index is 757. The molecule has 1 aliphatic carbocycles. The van der Waals surface area contributed by atoms with Crippen molar-refractivity contribution in [2.45, 2.75) is 25.7 Å². The third-order valence-electron chi connectivity index (χ3n) is 4.02. The molecule has 1 aromatic heterocycles. The number of nitrogens with two attached hydrogens (primary N) is 1. The monoisotopic (exact) mass is 327 g/mol. The minimum absolute atomic E-state index is 0.304. The van der Waals surface area contributed by atoms with Gasteiger partial charge in [-0.3, -0.25) is 9.59 Å². The quantitative estimate of drug-likeness (QED) is 0.545. The van der Waals surface area contributed by atoms with Crippen molar-refractivity contribution in [2.24, 2.45) is 11.7 Å². The fraction of sp³-hybridized carbons (Fsp3) is 0.389. The van der Waals surface area contributed by atoms with Crippen LogP contribution < -0.4 is 15.8 Å². The van der Waals surface area contributed by atoms with E-state index in [9.17, 15) is 9.59 Å². The van der Waals surface area contributed by atoms with Gasteiger partial charge in [0.1, 0.15) is 11.6 Å². The number of carbonyl (C=O) groups is 2. The normalized spacial score (nSPS) is 13.7. The van der Waals surface area contributed by atoms with Crippen molar-refractivity contribution < 1.29 is 14.3 Å². The number of fused-ring (bicyclic) bond motifs is 1. The highest BCUT2D eigenvalue weighted by molar-refractivity contribution is 5.92. The van der Waals surface area contributed by atoms with Gasteiger partial charge in [-0.1, -0.05) is 0 Å². The zero-order chi connectivity index (χ0) is 16.9. The Morgan fingerprint density at radius 3 is 2.92 bits per heavy atom. The number of hydrogen-bond donors (Lipinski definition) is 2. The number of nitrogens with one attached hydrogen (secondary N) is 1. The Labute approximate surface area is 140 Å². The van der Waals surface area contributed by atoms with E-state index in [0.717, 1.165) is 29.5 Å². The Morgan fingerprint density at radius 1 is 1.38 bits per heavy atom. The van der Waals surface area contributed by atoms with Gasteiger partial charge in [-0.05, 0) is 49.4 Å². The van der Waals surface area contributed by atoms with Gasteiger partial charge in [-0.15, -0.1) is 0 Å². The van der Waals surface area contributed by atoms with Crippen molar-refractivity contribution in [2.75, 3.05) is 18.5 Å². The predicted octanol–water partition coefficient (Wildman–Crippen LogP) is 2.51. The molecule has 24 heavy (non-hydrogen) atoms. The van der Waals surface area contributed by atoms with E-state index in [-0.39, 0.29) is 5.91 Å². The molecule has 0 bridgehead atoms. The van der Waals surface area contributed by atoms with Crippen molar-refractivity contribution in [3.8, 4) is 5.75 Å². The van der Waals surface area contributed by atoms with Gasteiger partial charge in [-0.2, -0.15) is 0 Å². The second kappa shape index (κ2) is 7.29. The number of carbonyl (C=O) groups excluding carboxylic acids is 2. The van der Waals surface area contributed by atoms with Crippen molar-refractivity contribution in [3.05, 3.63) is 29.8 Å². The molecular weight excluding hydrogens is 306 g/mol. The van der Waals surface area contributed by atoms with Gasteiger partial charge < -0.3 is 15.8 Å². The number of ether oxygens (including phenoxy) is 1. The van der Waals surface area contributed by atoms with Crippen LogP contribution in [0.15, 0.2) is 24.3 Å². The fourth-order valence-corrected chi connectivity index (χ4v) is 2.46. The number of amides is 1. The topological polar surface area (TPSA) is 94.3 Å². The van der Waals surface area contributed by atoms with Crippen LogP contribution >= 0.6 is 0 Å². The van der Waals surface area contributed by atoms with Crippen molar-refractivity contribution in [1.82, 2.24) is 4.98 Å². The largest absolute Gasteiger partial charge is 0.493 e. The van der Waals surface area contributed by atoms with Crippen LogP contribution in [0.4, 0.5) is 5.82 Å². The first kappa shape index (κ1) is 16.2. The highest BCUT2D eigenvalue weighted by atomic mass is 16.5. The van der Waals surface area contributed by atoms with E-state index in [4.69, 9.17) is 10.5 Å². The van der Waals surface area contributed by atoms with Crippen LogP contribution in [-0.2, 0) is 4.79 Å². The summed E-state index contributed by atoms with van der Waals surface area (Å²) in [4.78, 5) is 26.6. The number of aldehydes is 1. The molecule has 0 spiro atoms. The van der Waals surface area contributed by atoms with Crippen LogP contribution in [0.25, 0.3) is 10.9 Å². The Balaban J connectivity index is 1.73. The number of pyridine rings is 1. The van der Waals surface area contributed by atoms with E-state index >= 15 is 0 Å². The van der Waals surface area contributed by atoms with Gasteiger partial charge in [0.25, 0.3) is 0 Å². The van der Waals surface area contributed by atoms with E-state index in [1.165, 1.54) is 12.8 Å². The van der Waals surface area contributed by atoms with Gasteiger partial charge >= 0.3 is 0 Å². The highest BCUT2D eigenvalue weighted by Crippen LogP contribution is 2.30. The molecule has 1 fully saturated rings. The molecule has 1 heterocycles. The average molecular weight is 327 g/mol. The van der Waals surface area contributed by atoms with E-state index in [2.05, 4.69) is 10.3 Å². The summed E-state index contributed by atoms with van der Waals surface area (Å²) in [7, 11) is 0. The highest BCUT2D eigenvalue weighted by Gasteiger charge is 2.21. The number of benzene rings is 1. The standard InChI is InChI=1S/C18H21N3O3/c19-17(23)2-1-7-20-18-14(10-22)8-13-9-15(5-6-16(13)21-18)24-11-12-3-4-12/h5-6,8-10,12H,1-4,7,11H2,(H2,19,23)(H,20,21). The van der Waals surface area contributed by atoms with Gasteiger partial charge in [0, 0.05) is 18.4 Å². The molecule has 0 radical (unpaired) electrons. The lowest BCUT2D eigenvalue weighted by molar-refractivity contribution is -0.118. The van der Waals surface area contributed by atoms with Gasteiger partial charge in [0.05, 0.1) is 17.7 Å². The third kappa shape index (κ3) is 4.22. The Morgan fingerprint density at radius 2 is 2.21 bits per heavy atom. The molecule has 0 unspecified atom stereocenters. The molecular formula is C18H21N3O3. The summed E-state index contributed by atoms with van der Waals surface area (Å²) in [5.41, 5.74) is 6.39. The molecule has 0 saturated heterocycles. The fourth-order valence-electron chi connectivity index (χ4n) is 2.46. The predicted molar refractivity (Wildman–Crippen MR) is 92.3 cm³/mol. The summed E-state index contributed by atoms with van der Waals surface area (Å²) in [6, 6.07) is 7.50. The molecule has 126 valence electrons. The minimum Gasteiger partial charge on any atom is -0.493 e. The summed E-state index contributed by atoms with van der Waals surface area (Å²) in [5.74, 6) is 1.68. The smallest absolute Gasteiger partial charge is 0.217 e. The average Bonchev–Trinajstić information content (AvgIpc) is 3.40. The molecule has 3 N–H and O–H groups in total. The van der Waals surface area contributed by atoms with E-state index in [1.807, 2.05) is 18.2 Å². The molecule has 0 atom stereocenters.